The van der Waals surface area contributed by atoms with E-state index in [1.54, 1.807) is 18.4 Å². The van der Waals surface area contributed by atoms with Crippen molar-refractivity contribution in [2.24, 2.45) is 4.99 Å². The maximum atomic E-state index is 8.94. The van der Waals surface area contributed by atoms with Crippen molar-refractivity contribution in [2.45, 2.75) is 0 Å². The lowest BCUT2D eigenvalue weighted by Gasteiger charge is -2.10. The largest absolute Gasteiger partial charge is 0.315 e. The summed E-state index contributed by atoms with van der Waals surface area (Å²) in [6.07, 6.45) is 8.97. The molecular formula is C30H24N4. The fourth-order valence-corrected chi connectivity index (χ4v) is 4.27. The minimum atomic E-state index is 0.112. The van der Waals surface area contributed by atoms with Crippen LogP contribution in [0.4, 0.5) is 0 Å². The van der Waals surface area contributed by atoms with Crippen molar-refractivity contribution >= 4 is 44.9 Å². The van der Waals surface area contributed by atoms with Crippen LogP contribution in [0.15, 0.2) is 133 Å². The van der Waals surface area contributed by atoms with Crippen LogP contribution in [0.25, 0.3) is 38.4 Å². The summed E-state index contributed by atoms with van der Waals surface area (Å²) in [6.45, 7) is 11.7. The van der Waals surface area contributed by atoms with Gasteiger partial charge in [0.25, 0.3) is 0 Å². The monoisotopic (exact) mass is 440 g/mol. The van der Waals surface area contributed by atoms with E-state index in [-0.39, 0.29) is 5.96 Å². The normalized spacial score (nSPS) is 11.8. The first kappa shape index (κ1) is 21.2. The molecule has 0 fully saturated rings. The van der Waals surface area contributed by atoms with Crippen LogP contribution in [0.2, 0.25) is 0 Å². The highest BCUT2D eigenvalue weighted by Crippen LogP contribution is 2.35. The van der Waals surface area contributed by atoms with Gasteiger partial charge in [0.1, 0.15) is 0 Å². The summed E-state index contributed by atoms with van der Waals surface area (Å²) in [5, 5.41) is 12.2. The van der Waals surface area contributed by atoms with E-state index in [0.29, 0.717) is 5.57 Å². The lowest BCUT2D eigenvalue weighted by Crippen LogP contribution is -2.09. The Balaban J connectivity index is 1.74. The van der Waals surface area contributed by atoms with Gasteiger partial charge in [0.15, 0.2) is 0 Å². The number of benzene rings is 3. The molecule has 0 saturated heterocycles. The summed E-state index contributed by atoms with van der Waals surface area (Å²) >= 11 is 0. The van der Waals surface area contributed by atoms with Crippen molar-refractivity contribution in [3.8, 4) is 5.69 Å². The molecule has 5 aromatic rings. The molecule has 1 N–H and O–H groups in total. The fourth-order valence-electron chi connectivity index (χ4n) is 4.27. The van der Waals surface area contributed by atoms with Gasteiger partial charge in [-0.2, -0.15) is 0 Å². The van der Waals surface area contributed by atoms with Crippen LogP contribution in [0, 0.1) is 5.41 Å². The molecule has 0 aliphatic carbocycles. The molecule has 164 valence electrons. The second kappa shape index (κ2) is 8.68. The number of aliphatic imine (C=N–C) groups is 1. The van der Waals surface area contributed by atoms with Crippen LogP contribution >= 0.6 is 0 Å². The Morgan fingerprint density at radius 2 is 1.59 bits per heavy atom. The third-order valence-electron chi connectivity index (χ3n) is 5.92. The van der Waals surface area contributed by atoms with Gasteiger partial charge in [-0.05, 0) is 35.4 Å². The molecule has 0 amide bonds. The van der Waals surface area contributed by atoms with E-state index in [0.717, 1.165) is 44.0 Å². The summed E-state index contributed by atoms with van der Waals surface area (Å²) < 4.78 is 4.09. The molecule has 4 nitrogen and oxygen atoms in total. The number of nitrogens with one attached hydrogen (secondary N) is 1. The van der Waals surface area contributed by atoms with E-state index in [2.05, 4.69) is 71.9 Å². The number of allylic oxidation sites excluding steroid dienone is 5. The minimum Gasteiger partial charge on any atom is -0.315 e. The van der Waals surface area contributed by atoms with Gasteiger partial charge in [0.05, 0.1) is 16.6 Å². The highest BCUT2D eigenvalue weighted by molar-refractivity contribution is 6.21. The Hall–Kier alpha value is -4.70. The van der Waals surface area contributed by atoms with Crippen LogP contribution in [-0.4, -0.2) is 21.3 Å². The molecule has 0 unspecified atom stereocenters. The molecule has 0 spiro atoms. The predicted octanol–water partition coefficient (Wildman–Crippen LogP) is 7.45. The summed E-state index contributed by atoms with van der Waals surface area (Å²) in [6, 6.07) is 24.7. The summed E-state index contributed by atoms with van der Waals surface area (Å²) in [4.78, 5) is 4.48. The van der Waals surface area contributed by atoms with E-state index in [1.807, 2.05) is 47.0 Å². The summed E-state index contributed by atoms with van der Waals surface area (Å²) in [7, 11) is 0. The van der Waals surface area contributed by atoms with Gasteiger partial charge in [0, 0.05) is 34.3 Å². The first-order valence-electron chi connectivity index (χ1n) is 11.0. The smallest absolute Gasteiger partial charge is 0.227 e. The predicted molar refractivity (Wildman–Crippen MR) is 146 cm³/mol. The van der Waals surface area contributed by atoms with E-state index in [1.165, 1.54) is 0 Å². The van der Waals surface area contributed by atoms with Gasteiger partial charge in [-0.3, -0.25) is 9.98 Å². The quantitative estimate of drug-likeness (QED) is 0.168. The van der Waals surface area contributed by atoms with Crippen molar-refractivity contribution in [1.82, 2.24) is 9.13 Å². The van der Waals surface area contributed by atoms with Crippen molar-refractivity contribution < 1.29 is 0 Å². The highest BCUT2D eigenvalue weighted by Gasteiger charge is 2.18. The first-order valence-corrected chi connectivity index (χ1v) is 11.0. The first-order chi connectivity index (χ1) is 16.6. The van der Waals surface area contributed by atoms with Gasteiger partial charge < -0.3 is 4.57 Å². The Morgan fingerprint density at radius 1 is 0.824 bits per heavy atom. The van der Waals surface area contributed by atoms with Gasteiger partial charge in [-0.25, -0.2) is 4.99 Å². The molecule has 0 atom stereocenters. The highest BCUT2D eigenvalue weighted by atomic mass is 15.2. The Kier molecular flexibility index (Phi) is 5.40. The summed E-state index contributed by atoms with van der Waals surface area (Å²) in [5.41, 5.74) is 5.35. The minimum absolute atomic E-state index is 0.112. The number of hydrogen-bond acceptors (Lipinski definition) is 1. The zero-order chi connectivity index (χ0) is 23.7. The van der Waals surface area contributed by atoms with Gasteiger partial charge in [-0.1, -0.05) is 86.5 Å². The molecule has 0 saturated carbocycles. The van der Waals surface area contributed by atoms with E-state index < -0.39 is 0 Å². The molecule has 0 bridgehead atoms. The number of rotatable bonds is 5. The molecular weight excluding hydrogens is 416 g/mol. The lowest BCUT2D eigenvalue weighted by molar-refractivity contribution is 1.12. The standard InChI is InChI=1S/C30H24N4/c1-4-5-11-21(2)22(3)20-32-30(31)34-27-15-10-9-14-25(27)26-17-16-23-18-19-33(28(23)29(26)34)24-12-7-6-8-13-24/h4-20,31H,1-3H2/b11-5-,31-30?,32-20?. The van der Waals surface area contributed by atoms with Gasteiger partial charge in [0.2, 0.25) is 5.96 Å². The van der Waals surface area contributed by atoms with Crippen LogP contribution in [0.3, 0.4) is 0 Å². The van der Waals surface area contributed by atoms with Crippen molar-refractivity contribution in [3.05, 3.63) is 128 Å². The van der Waals surface area contributed by atoms with E-state index >= 15 is 0 Å². The average molecular weight is 441 g/mol. The Labute approximate surface area is 198 Å². The van der Waals surface area contributed by atoms with Crippen molar-refractivity contribution in [2.75, 3.05) is 0 Å². The fraction of sp³-hybridized carbons (Fsp3) is 0. The number of para-hydroxylation sites is 2. The number of fused-ring (bicyclic) bond motifs is 5. The zero-order valence-corrected chi connectivity index (χ0v) is 18.8. The molecule has 34 heavy (non-hydrogen) atoms. The molecule has 5 rings (SSSR count). The third kappa shape index (κ3) is 3.51. The average Bonchev–Trinajstić information content (AvgIpc) is 3.45. The third-order valence-corrected chi connectivity index (χ3v) is 5.92. The van der Waals surface area contributed by atoms with Crippen LogP contribution in [-0.2, 0) is 0 Å². The Morgan fingerprint density at radius 3 is 2.38 bits per heavy atom. The molecule has 2 aromatic heterocycles. The van der Waals surface area contributed by atoms with E-state index in [9.17, 15) is 0 Å². The van der Waals surface area contributed by atoms with Crippen LogP contribution in [0.1, 0.15) is 0 Å². The maximum Gasteiger partial charge on any atom is 0.227 e. The second-order valence-electron chi connectivity index (χ2n) is 8.00. The van der Waals surface area contributed by atoms with Gasteiger partial charge >= 0.3 is 0 Å². The Bertz CT molecular complexity index is 1660. The van der Waals surface area contributed by atoms with Crippen molar-refractivity contribution in [1.29, 1.82) is 5.41 Å². The molecule has 3 aromatic carbocycles. The topological polar surface area (TPSA) is 46.1 Å². The lowest BCUT2D eigenvalue weighted by atomic mass is 10.1. The molecule has 2 heterocycles. The van der Waals surface area contributed by atoms with E-state index in [4.69, 9.17) is 5.41 Å². The van der Waals surface area contributed by atoms with Crippen LogP contribution in [0.5, 0.6) is 0 Å². The SMILES string of the molecule is C=C/C=C\C(=C)C(=C)C=NC(=N)n1c2ccccc2c2ccc3ccn(-c4ccccc4)c3c21. The second-order valence-corrected chi connectivity index (χ2v) is 8.00. The molecule has 0 radical (unpaired) electrons. The molecule has 0 aliphatic heterocycles. The summed E-state index contributed by atoms with van der Waals surface area (Å²) in [5.74, 6) is 0.112. The molecule has 4 heteroatoms. The van der Waals surface area contributed by atoms with Crippen molar-refractivity contribution in [3.63, 3.8) is 0 Å². The zero-order valence-electron chi connectivity index (χ0n) is 18.8. The van der Waals surface area contributed by atoms with Gasteiger partial charge in [-0.15, -0.1) is 0 Å². The maximum absolute atomic E-state index is 8.94. The number of hydrogen-bond donors (Lipinski definition) is 1. The van der Waals surface area contributed by atoms with Crippen LogP contribution < -0.4 is 0 Å². The number of nitrogens with zero attached hydrogens (tertiary/aromatic N) is 3. The number of aromatic nitrogens is 2. The molecule has 0 aliphatic rings.